The molecule has 0 aliphatic heterocycles. The van der Waals surface area contributed by atoms with E-state index in [1.165, 1.54) is 13.0 Å². The Morgan fingerprint density at radius 3 is 2.53 bits per heavy atom. The highest BCUT2D eigenvalue weighted by molar-refractivity contribution is 6.01. The highest BCUT2D eigenvalue weighted by Gasteiger charge is 2.39. The first-order chi connectivity index (χ1) is 7.74. The minimum absolute atomic E-state index is 0.0439. The second-order valence-corrected chi connectivity index (χ2v) is 5.33. The highest BCUT2D eigenvalue weighted by atomic mass is 16.4. The zero-order valence-corrected chi connectivity index (χ0v) is 10.4. The third-order valence-corrected chi connectivity index (χ3v) is 3.30. The van der Waals surface area contributed by atoms with Gasteiger partial charge in [-0.3, -0.25) is 4.79 Å². The normalized spacial score (nSPS) is 23.1. The van der Waals surface area contributed by atoms with Gasteiger partial charge in [-0.05, 0) is 30.8 Å². The molecule has 0 saturated heterocycles. The van der Waals surface area contributed by atoms with Gasteiger partial charge in [0.05, 0.1) is 0 Å². The summed E-state index contributed by atoms with van der Waals surface area (Å²) >= 11 is 0. The minimum atomic E-state index is -1.06. The fraction of sp³-hybridized carbons (Fsp3) is 0.615. The molecule has 0 heterocycles. The van der Waals surface area contributed by atoms with Gasteiger partial charge in [-0.25, -0.2) is 4.79 Å². The van der Waals surface area contributed by atoms with Crippen molar-refractivity contribution in [2.24, 2.45) is 11.3 Å². The van der Waals surface area contributed by atoms with E-state index in [1.807, 2.05) is 13.8 Å². The van der Waals surface area contributed by atoms with Crippen molar-refractivity contribution in [3.63, 3.8) is 0 Å². The molecule has 0 saturated carbocycles. The lowest BCUT2D eigenvalue weighted by molar-refractivity contribution is -0.135. The van der Waals surface area contributed by atoms with Crippen LogP contribution in [0.4, 0.5) is 0 Å². The zero-order valence-electron chi connectivity index (χ0n) is 10.4. The molecule has 1 rings (SSSR count). The summed E-state index contributed by atoms with van der Waals surface area (Å²) in [4.78, 5) is 33.6. The van der Waals surface area contributed by atoms with Crippen LogP contribution in [0.15, 0.2) is 11.6 Å². The van der Waals surface area contributed by atoms with Crippen LogP contribution in [-0.2, 0) is 14.4 Å². The van der Waals surface area contributed by atoms with Crippen LogP contribution >= 0.6 is 0 Å². The van der Waals surface area contributed by atoms with Gasteiger partial charge < -0.3 is 9.90 Å². The number of carboxylic acids is 1. The van der Waals surface area contributed by atoms with Crippen molar-refractivity contribution in [2.45, 2.75) is 40.0 Å². The molecule has 0 spiro atoms. The van der Waals surface area contributed by atoms with Gasteiger partial charge in [-0.1, -0.05) is 13.8 Å². The lowest BCUT2D eigenvalue weighted by Crippen LogP contribution is -2.35. The quantitative estimate of drug-likeness (QED) is 0.812. The van der Waals surface area contributed by atoms with Crippen molar-refractivity contribution in [1.29, 1.82) is 0 Å². The van der Waals surface area contributed by atoms with Crippen molar-refractivity contribution < 1.29 is 19.5 Å². The molecule has 4 heteroatoms. The van der Waals surface area contributed by atoms with E-state index < -0.39 is 11.4 Å². The van der Waals surface area contributed by atoms with Crippen LogP contribution in [0, 0.1) is 11.3 Å². The van der Waals surface area contributed by atoms with Crippen LogP contribution in [0.25, 0.3) is 0 Å². The lowest BCUT2D eigenvalue weighted by atomic mass is 9.66. The maximum absolute atomic E-state index is 11.5. The Kier molecular flexibility index (Phi) is 3.86. The second-order valence-electron chi connectivity index (χ2n) is 5.33. The van der Waals surface area contributed by atoms with Gasteiger partial charge in [0.15, 0.2) is 5.78 Å². The third kappa shape index (κ3) is 3.25. The molecule has 94 valence electrons. The van der Waals surface area contributed by atoms with Crippen molar-refractivity contribution in [3.8, 4) is 0 Å². The van der Waals surface area contributed by atoms with Crippen molar-refractivity contribution in [2.75, 3.05) is 0 Å². The molecular formula is C13H18O4. The summed E-state index contributed by atoms with van der Waals surface area (Å²) in [6, 6.07) is 0. The van der Waals surface area contributed by atoms with Crippen LogP contribution in [0.1, 0.15) is 40.0 Å². The van der Waals surface area contributed by atoms with E-state index in [2.05, 4.69) is 0 Å². The lowest BCUT2D eigenvalue weighted by Gasteiger charge is -2.37. The number of ketones is 2. The molecule has 0 aromatic rings. The maximum Gasteiger partial charge on any atom is 0.331 e. The van der Waals surface area contributed by atoms with E-state index >= 15 is 0 Å². The molecular weight excluding hydrogens is 220 g/mol. The molecule has 1 N–H and O–H groups in total. The topological polar surface area (TPSA) is 71.4 Å². The van der Waals surface area contributed by atoms with Crippen LogP contribution in [0.2, 0.25) is 0 Å². The Labute approximate surface area is 101 Å². The van der Waals surface area contributed by atoms with Crippen molar-refractivity contribution in [1.82, 2.24) is 0 Å². The Morgan fingerprint density at radius 2 is 2.06 bits per heavy atom. The number of hydrogen-bond acceptors (Lipinski definition) is 3. The van der Waals surface area contributed by atoms with Gasteiger partial charge in [-0.2, -0.15) is 0 Å². The van der Waals surface area contributed by atoms with E-state index in [9.17, 15) is 14.4 Å². The molecule has 0 radical (unpaired) electrons. The molecule has 17 heavy (non-hydrogen) atoms. The average Bonchev–Trinajstić information content (AvgIpc) is 2.12. The fourth-order valence-electron chi connectivity index (χ4n) is 2.42. The van der Waals surface area contributed by atoms with Crippen molar-refractivity contribution in [3.05, 3.63) is 11.6 Å². The first-order valence-electron chi connectivity index (χ1n) is 5.71. The third-order valence-electron chi connectivity index (χ3n) is 3.30. The van der Waals surface area contributed by atoms with Gasteiger partial charge in [0.2, 0.25) is 0 Å². The average molecular weight is 238 g/mol. The Bertz CT molecular complexity index is 390. The smallest absolute Gasteiger partial charge is 0.331 e. The number of carbonyl (C=O) groups excluding carboxylic acids is 2. The molecule has 0 aromatic heterocycles. The van der Waals surface area contributed by atoms with Gasteiger partial charge >= 0.3 is 5.97 Å². The standard InChI is InChI=1S/C13H18O4/c1-8(14)4-5-11-10(12(16)17)6-9(15)7-13(11,2)3/h6,11H,4-5,7H2,1-3H3,(H,16,17)/t11-/m0/s1. The summed E-state index contributed by atoms with van der Waals surface area (Å²) < 4.78 is 0. The van der Waals surface area contributed by atoms with Crippen LogP contribution in [0.5, 0.6) is 0 Å². The van der Waals surface area contributed by atoms with Crippen LogP contribution < -0.4 is 0 Å². The molecule has 0 bridgehead atoms. The SMILES string of the molecule is CC(=O)CC[C@H]1C(C(=O)O)=CC(=O)CC1(C)C. The molecule has 4 nitrogen and oxygen atoms in total. The zero-order chi connectivity index (χ0) is 13.2. The number of allylic oxidation sites excluding steroid dienone is 1. The maximum atomic E-state index is 11.5. The Morgan fingerprint density at radius 1 is 1.47 bits per heavy atom. The molecule has 1 atom stereocenters. The fourth-order valence-corrected chi connectivity index (χ4v) is 2.42. The molecule has 1 aliphatic rings. The number of Topliss-reactive ketones (excluding diaryl/α,β-unsaturated/α-hetero) is 1. The predicted octanol–water partition coefficient (Wildman–Crippen LogP) is 1.98. The molecule has 1 aliphatic carbocycles. The monoisotopic (exact) mass is 238 g/mol. The summed E-state index contributed by atoms with van der Waals surface area (Å²) in [5.41, 5.74) is -0.248. The van der Waals surface area contributed by atoms with E-state index in [-0.39, 0.29) is 23.1 Å². The second kappa shape index (κ2) is 4.82. The summed E-state index contributed by atoms with van der Waals surface area (Å²) in [7, 11) is 0. The summed E-state index contributed by atoms with van der Waals surface area (Å²) in [5.74, 6) is -1.39. The molecule has 0 fully saturated rings. The van der Waals surface area contributed by atoms with Gasteiger partial charge in [0.1, 0.15) is 5.78 Å². The van der Waals surface area contributed by atoms with E-state index in [1.54, 1.807) is 0 Å². The number of rotatable bonds is 4. The highest BCUT2D eigenvalue weighted by Crippen LogP contribution is 2.42. The van der Waals surface area contributed by atoms with Gasteiger partial charge in [0, 0.05) is 18.4 Å². The van der Waals surface area contributed by atoms with Crippen LogP contribution in [-0.4, -0.2) is 22.6 Å². The van der Waals surface area contributed by atoms with Crippen molar-refractivity contribution >= 4 is 17.5 Å². The number of carbonyl (C=O) groups is 3. The first kappa shape index (κ1) is 13.6. The first-order valence-corrected chi connectivity index (χ1v) is 5.71. The Balaban J connectivity index is 3.00. The molecule has 0 unspecified atom stereocenters. The number of aliphatic carboxylic acids is 1. The molecule has 0 amide bonds. The van der Waals surface area contributed by atoms with Crippen LogP contribution in [0.3, 0.4) is 0 Å². The largest absolute Gasteiger partial charge is 0.478 e. The number of hydrogen-bond donors (Lipinski definition) is 1. The summed E-state index contributed by atoms with van der Waals surface area (Å²) in [6.45, 7) is 5.25. The van der Waals surface area contributed by atoms with Gasteiger partial charge in [-0.15, -0.1) is 0 Å². The molecule has 0 aromatic carbocycles. The van der Waals surface area contributed by atoms with E-state index in [4.69, 9.17) is 5.11 Å². The summed E-state index contributed by atoms with van der Waals surface area (Å²) in [6.07, 6.45) is 2.41. The van der Waals surface area contributed by atoms with Gasteiger partial charge in [0.25, 0.3) is 0 Å². The summed E-state index contributed by atoms with van der Waals surface area (Å²) in [5, 5.41) is 9.12. The Hall–Kier alpha value is -1.45. The minimum Gasteiger partial charge on any atom is -0.478 e. The van der Waals surface area contributed by atoms with E-state index in [0.29, 0.717) is 19.3 Å². The predicted molar refractivity (Wildman–Crippen MR) is 62.5 cm³/mol. The number of carboxylic acid groups (broad SMARTS) is 1. The van der Waals surface area contributed by atoms with E-state index in [0.717, 1.165) is 0 Å².